The first-order chi connectivity index (χ1) is 11.4. The first kappa shape index (κ1) is 17.0. The number of phenols is 1. The van der Waals surface area contributed by atoms with Crippen molar-refractivity contribution in [2.24, 2.45) is 0 Å². The lowest BCUT2D eigenvalue weighted by Gasteiger charge is -2.34. The van der Waals surface area contributed by atoms with E-state index in [-0.39, 0.29) is 22.4 Å². The molecule has 0 aliphatic carbocycles. The summed E-state index contributed by atoms with van der Waals surface area (Å²) < 4.78 is 26.0. The Balaban J connectivity index is 2.26. The zero-order valence-corrected chi connectivity index (χ0v) is 14.8. The molecule has 0 aromatic heterocycles. The fraction of sp³-hybridized carbons (Fsp3) is 0.368. The molecular formula is C19H23NO3S. The van der Waals surface area contributed by atoms with Gasteiger partial charge in [-0.2, -0.15) is 0 Å². The molecule has 24 heavy (non-hydrogen) atoms. The number of rotatable bonds is 3. The minimum Gasteiger partial charge on any atom is -0.508 e. The lowest BCUT2D eigenvalue weighted by atomic mass is 9.90. The highest BCUT2D eigenvalue weighted by Crippen LogP contribution is 2.38. The molecule has 1 aliphatic heterocycles. The Labute approximate surface area is 143 Å². The molecule has 0 fully saturated rings. The van der Waals surface area contributed by atoms with Gasteiger partial charge in [-0.25, -0.2) is 8.42 Å². The van der Waals surface area contributed by atoms with Crippen molar-refractivity contribution in [3.63, 3.8) is 0 Å². The zero-order valence-electron chi connectivity index (χ0n) is 14.0. The van der Waals surface area contributed by atoms with Crippen molar-refractivity contribution in [1.82, 2.24) is 5.32 Å². The Morgan fingerprint density at radius 1 is 1.12 bits per heavy atom. The molecule has 2 aromatic rings. The molecule has 1 aliphatic rings. The van der Waals surface area contributed by atoms with E-state index in [2.05, 4.69) is 5.32 Å². The van der Waals surface area contributed by atoms with E-state index >= 15 is 0 Å². The topological polar surface area (TPSA) is 66.4 Å². The molecule has 2 aromatic carbocycles. The molecule has 0 bridgehead atoms. The SMILES string of the molecule is CCC1(CC)CS(=O)(=O)c2cc(O)ccc2[C@@H](c2ccccc2)N1. The van der Waals surface area contributed by atoms with E-state index in [1.54, 1.807) is 12.1 Å². The third-order valence-electron chi connectivity index (χ3n) is 5.05. The number of hydrogen-bond donors (Lipinski definition) is 2. The molecule has 3 rings (SSSR count). The van der Waals surface area contributed by atoms with Crippen LogP contribution in [-0.4, -0.2) is 24.8 Å². The van der Waals surface area contributed by atoms with Crippen molar-refractivity contribution in [3.8, 4) is 5.75 Å². The number of nitrogens with one attached hydrogen (secondary N) is 1. The van der Waals surface area contributed by atoms with Crippen molar-refractivity contribution < 1.29 is 13.5 Å². The zero-order chi connectivity index (χ0) is 17.4. The van der Waals surface area contributed by atoms with Crippen LogP contribution in [0.1, 0.15) is 43.9 Å². The van der Waals surface area contributed by atoms with Gasteiger partial charge in [-0.05, 0) is 36.1 Å². The predicted octanol–water partition coefficient (Wildman–Crippen LogP) is 3.42. The Kier molecular flexibility index (Phi) is 4.40. The summed E-state index contributed by atoms with van der Waals surface area (Å²) in [6.45, 7) is 4.03. The van der Waals surface area contributed by atoms with Crippen molar-refractivity contribution in [3.05, 3.63) is 59.7 Å². The highest BCUT2D eigenvalue weighted by atomic mass is 32.2. The lowest BCUT2D eigenvalue weighted by Crippen LogP contribution is -2.49. The quantitative estimate of drug-likeness (QED) is 0.894. The normalized spacial score (nSPS) is 21.7. The highest BCUT2D eigenvalue weighted by molar-refractivity contribution is 7.91. The number of sulfone groups is 1. The second kappa shape index (κ2) is 6.22. The molecule has 1 atom stereocenters. The van der Waals surface area contributed by atoms with Gasteiger partial charge in [0, 0.05) is 5.54 Å². The Bertz CT molecular complexity index is 827. The van der Waals surface area contributed by atoms with Crippen LogP contribution in [-0.2, 0) is 9.84 Å². The van der Waals surface area contributed by atoms with E-state index in [1.807, 2.05) is 44.2 Å². The number of benzene rings is 2. The van der Waals surface area contributed by atoms with Crippen LogP contribution in [0.2, 0.25) is 0 Å². The molecule has 2 N–H and O–H groups in total. The summed E-state index contributed by atoms with van der Waals surface area (Å²) in [6.07, 6.45) is 1.43. The van der Waals surface area contributed by atoms with Crippen LogP contribution in [0.4, 0.5) is 0 Å². The average molecular weight is 345 g/mol. The molecule has 1 heterocycles. The van der Waals surface area contributed by atoms with Crippen LogP contribution in [0.5, 0.6) is 5.75 Å². The number of aromatic hydroxyl groups is 1. The van der Waals surface area contributed by atoms with Crippen molar-refractivity contribution >= 4 is 9.84 Å². The van der Waals surface area contributed by atoms with Crippen molar-refractivity contribution in [2.45, 2.75) is 43.2 Å². The van der Waals surface area contributed by atoms with Gasteiger partial charge in [-0.15, -0.1) is 0 Å². The van der Waals surface area contributed by atoms with E-state index in [9.17, 15) is 13.5 Å². The average Bonchev–Trinajstić information content (AvgIpc) is 2.69. The van der Waals surface area contributed by atoms with E-state index in [0.29, 0.717) is 18.4 Å². The van der Waals surface area contributed by atoms with Crippen LogP contribution in [0, 0.1) is 0 Å². The molecule has 0 saturated heterocycles. The maximum absolute atomic E-state index is 13.0. The van der Waals surface area contributed by atoms with Crippen LogP contribution >= 0.6 is 0 Å². The summed E-state index contributed by atoms with van der Waals surface area (Å²) in [5, 5.41) is 13.4. The van der Waals surface area contributed by atoms with Gasteiger partial charge in [0.1, 0.15) is 5.75 Å². The summed E-state index contributed by atoms with van der Waals surface area (Å²) in [6, 6.07) is 14.3. The second-order valence-corrected chi connectivity index (χ2v) is 8.41. The molecule has 0 saturated carbocycles. The summed E-state index contributed by atoms with van der Waals surface area (Å²) >= 11 is 0. The molecule has 5 heteroatoms. The fourth-order valence-electron chi connectivity index (χ4n) is 3.46. The summed E-state index contributed by atoms with van der Waals surface area (Å²) in [5.74, 6) is 0.0110. The van der Waals surface area contributed by atoms with Crippen molar-refractivity contribution in [1.29, 1.82) is 0 Å². The van der Waals surface area contributed by atoms with Gasteiger partial charge in [-0.1, -0.05) is 50.2 Å². The third-order valence-corrected chi connectivity index (χ3v) is 7.00. The smallest absolute Gasteiger partial charge is 0.180 e. The Hall–Kier alpha value is -1.85. The minimum absolute atomic E-state index is 0.0235. The van der Waals surface area contributed by atoms with Gasteiger partial charge in [0.05, 0.1) is 16.7 Å². The number of fused-ring (bicyclic) bond motifs is 1. The van der Waals surface area contributed by atoms with Gasteiger partial charge in [-0.3, -0.25) is 5.32 Å². The van der Waals surface area contributed by atoms with Gasteiger partial charge in [0.25, 0.3) is 0 Å². The van der Waals surface area contributed by atoms with Crippen molar-refractivity contribution in [2.75, 3.05) is 5.75 Å². The van der Waals surface area contributed by atoms with Gasteiger partial charge in [0.2, 0.25) is 0 Å². The molecule has 4 nitrogen and oxygen atoms in total. The molecular weight excluding hydrogens is 322 g/mol. The largest absolute Gasteiger partial charge is 0.508 e. The lowest BCUT2D eigenvalue weighted by molar-refractivity contribution is 0.313. The standard InChI is InChI=1S/C19H23NO3S/c1-3-19(4-2)13-24(22,23)17-12-15(21)10-11-16(17)18(20-19)14-8-6-5-7-9-14/h5-12,18,20-21H,3-4,13H2,1-2H3/t18-/m1/s1. The second-order valence-electron chi connectivity index (χ2n) is 6.46. The minimum atomic E-state index is -3.50. The van der Waals surface area contributed by atoms with Crippen LogP contribution < -0.4 is 5.32 Å². The molecule has 128 valence electrons. The van der Waals surface area contributed by atoms with Crippen LogP contribution in [0.25, 0.3) is 0 Å². The summed E-state index contributed by atoms with van der Waals surface area (Å²) in [5.41, 5.74) is 1.23. The van der Waals surface area contributed by atoms with Gasteiger partial charge in [0.15, 0.2) is 9.84 Å². The summed E-state index contributed by atoms with van der Waals surface area (Å²) in [4.78, 5) is 0.229. The van der Waals surface area contributed by atoms with E-state index in [1.165, 1.54) is 6.07 Å². The van der Waals surface area contributed by atoms with Crippen LogP contribution in [0.15, 0.2) is 53.4 Å². The number of phenolic OH excluding ortho intramolecular Hbond substituents is 1. The highest BCUT2D eigenvalue weighted by Gasteiger charge is 2.41. The molecule has 0 spiro atoms. The number of hydrogen-bond acceptors (Lipinski definition) is 4. The van der Waals surface area contributed by atoms with E-state index in [4.69, 9.17) is 0 Å². The first-order valence-corrected chi connectivity index (χ1v) is 9.94. The Morgan fingerprint density at radius 2 is 1.79 bits per heavy atom. The predicted molar refractivity (Wildman–Crippen MR) is 94.9 cm³/mol. The summed E-state index contributed by atoms with van der Waals surface area (Å²) in [7, 11) is -3.50. The van der Waals surface area contributed by atoms with Crippen LogP contribution in [0.3, 0.4) is 0 Å². The maximum atomic E-state index is 13.0. The maximum Gasteiger partial charge on any atom is 0.180 e. The van der Waals surface area contributed by atoms with Gasteiger partial charge >= 0.3 is 0 Å². The monoisotopic (exact) mass is 345 g/mol. The van der Waals surface area contributed by atoms with Gasteiger partial charge < -0.3 is 5.11 Å². The fourth-order valence-corrected chi connectivity index (χ4v) is 5.68. The third kappa shape index (κ3) is 2.94. The first-order valence-electron chi connectivity index (χ1n) is 8.29. The Morgan fingerprint density at radius 3 is 2.42 bits per heavy atom. The molecule has 0 radical (unpaired) electrons. The molecule has 0 amide bonds. The van der Waals surface area contributed by atoms with E-state index < -0.39 is 15.4 Å². The molecule has 0 unspecified atom stereocenters. The van der Waals surface area contributed by atoms with E-state index in [0.717, 1.165) is 5.56 Å².